The first kappa shape index (κ1) is 26.9. The van der Waals surface area contributed by atoms with Crippen LogP contribution in [0.4, 0.5) is 5.69 Å². The molecule has 1 rings (SSSR count). The molecule has 0 amide bonds. The van der Waals surface area contributed by atoms with E-state index in [0.29, 0.717) is 5.17 Å². The normalized spacial score (nSPS) is 10.9. The topological polar surface area (TPSA) is 21.3 Å². The molecule has 2 nitrogen and oxygen atoms in total. The number of hydrogen-bond donors (Lipinski definition) is 1. The summed E-state index contributed by atoms with van der Waals surface area (Å²) in [6.07, 6.45) is 22.2. The molecule has 0 aromatic heterocycles. The maximum atomic E-state index is 5.68. The van der Waals surface area contributed by atoms with Gasteiger partial charge in [0.15, 0.2) is 0 Å². The van der Waals surface area contributed by atoms with Crippen molar-refractivity contribution in [3.63, 3.8) is 0 Å². The number of anilines is 1. The molecule has 0 radical (unpaired) electrons. The molecule has 0 fully saturated rings. The van der Waals surface area contributed by atoms with E-state index in [1.807, 2.05) is 12.1 Å². The van der Waals surface area contributed by atoms with Gasteiger partial charge in [-0.15, -0.1) is 0 Å². The molecule has 1 N–H and O–H groups in total. The molecule has 0 saturated carbocycles. The van der Waals surface area contributed by atoms with E-state index in [1.165, 1.54) is 107 Å². The summed E-state index contributed by atoms with van der Waals surface area (Å²) in [5.74, 6) is 0. The van der Waals surface area contributed by atoms with Crippen molar-refractivity contribution in [2.24, 2.45) is 0 Å². The highest BCUT2D eigenvalue weighted by atomic mass is 32.1. The second kappa shape index (κ2) is 18.7. The molecule has 0 heterocycles. The van der Waals surface area contributed by atoms with E-state index >= 15 is 0 Å². The molecule has 1 aromatic rings. The standard InChI is InChI=1S/C27H47NOS/c1-4-5-6-7-8-9-10-11-12-13-14-15-16-17-18-19-23-29-27(30)28-26-22-20-21-24(2)25(26)3/h20-22H,4-19,23H2,1-3H3,(H,28,30). The summed E-state index contributed by atoms with van der Waals surface area (Å²) < 4.78 is 5.68. The van der Waals surface area contributed by atoms with Crippen LogP contribution in [0.15, 0.2) is 18.2 Å². The summed E-state index contributed by atoms with van der Waals surface area (Å²) in [6, 6.07) is 6.20. The highest BCUT2D eigenvalue weighted by Crippen LogP contribution is 2.18. The Morgan fingerprint density at radius 2 is 1.20 bits per heavy atom. The van der Waals surface area contributed by atoms with Crippen LogP contribution >= 0.6 is 12.2 Å². The Labute approximate surface area is 192 Å². The van der Waals surface area contributed by atoms with Gasteiger partial charge in [0.1, 0.15) is 0 Å². The molecule has 172 valence electrons. The van der Waals surface area contributed by atoms with E-state index in [2.05, 4.69) is 32.2 Å². The predicted molar refractivity (Wildman–Crippen MR) is 138 cm³/mol. The molecule has 3 heteroatoms. The van der Waals surface area contributed by atoms with Crippen molar-refractivity contribution < 1.29 is 4.74 Å². The first-order valence-corrected chi connectivity index (χ1v) is 13.1. The third kappa shape index (κ3) is 14.0. The Bertz CT molecular complexity index is 558. The van der Waals surface area contributed by atoms with Crippen molar-refractivity contribution in [2.75, 3.05) is 11.9 Å². The Hall–Kier alpha value is -1.09. The van der Waals surface area contributed by atoms with Crippen LogP contribution < -0.4 is 5.32 Å². The number of aryl methyl sites for hydroxylation is 1. The highest BCUT2D eigenvalue weighted by Gasteiger charge is 2.03. The van der Waals surface area contributed by atoms with Crippen LogP contribution in [0, 0.1) is 13.8 Å². The number of rotatable bonds is 18. The second-order valence-electron chi connectivity index (χ2n) is 8.81. The molecule has 0 spiro atoms. The van der Waals surface area contributed by atoms with Crippen LogP contribution in [0.2, 0.25) is 0 Å². The molecule has 30 heavy (non-hydrogen) atoms. The molecule has 0 bridgehead atoms. The van der Waals surface area contributed by atoms with Crippen molar-refractivity contribution in [1.29, 1.82) is 0 Å². The lowest BCUT2D eigenvalue weighted by molar-refractivity contribution is 0.298. The van der Waals surface area contributed by atoms with Gasteiger partial charge < -0.3 is 10.1 Å². The van der Waals surface area contributed by atoms with Crippen LogP contribution in [-0.4, -0.2) is 11.8 Å². The van der Waals surface area contributed by atoms with Gasteiger partial charge in [0.25, 0.3) is 5.17 Å². The summed E-state index contributed by atoms with van der Waals surface area (Å²) in [4.78, 5) is 0. The largest absolute Gasteiger partial charge is 0.471 e. The molecule has 0 unspecified atom stereocenters. The van der Waals surface area contributed by atoms with E-state index < -0.39 is 0 Å². The number of thiocarbonyl (C=S) groups is 1. The fourth-order valence-corrected chi connectivity index (χ4v) is 4.04. The number of hydrogen-bond acceptors (Lipinski definition) is 2. The lowest BCUT2D eigenvalue weighted by Crippen LogP contribution is -2.15. The Kier molecular flexibility index (Phi) is 16.8. The third-order valence-electron chi connectivity index (χ3n) is 6.07. The minimum atomic E-state index is 0.490. The summed E-state index contributed by atoms with van der Waals surface area (Å²) in [5.41, 5.74) is 3.54. The molecular formula is C27H47NOS. The van der Waals surface area contributed by atoms with E-state index in [9.17, 15) is 0 Å². The molecule has 1 aromatic carbocycles. The zero-order valence-electron chi connectivity index (χ0n) is 20.1. The number of unbranched alkanes of at least 4 members (excludes halogenated alkanes) is 15. The summed E-state index contributed by atoms with van der Waals surface area (Å²) in [6.45, 7) is 7.23. The van der Waals surface area contributed by atoms with Crippen molar-refractivity contribution in [3.05, 3.63) is 29.3 Å². The molecular weight excluding hydrogens is 386 g/mol. The van der Waals surface area contributed by atoms with Crippen molar-refractivity contribution >= 4 is 23.1 Å². The Morgan fingerprint density at radius 3 is 1.70 bits per heavy atom. The fourth-order valence-electron chi connectivity index (χ4n) is 3.85. The number of ether oxygens (including phenoxy) is 1. The van der Waals surface area contributed by atoms with Gasteiger partial charge in [0.2, 0.25) is 0 Å². The van der Waals surface area contributed by atoms with Crippen LogP contribution in [0.3, 0.4) is 0 Å². The smallest absolute Gasteiger partial charge is 0.261 e. The maximum Gasteiger partial charge on any atom is 0.261 e. The molecule has 0 atom stereocenters. The summed E-state index contributed by atoms with van der Waals surface area (Å²) >= 11 is 5.32. The second-order valence-corrected chi connectivity index (χ2v) is 9.18. The lowest BCUT2D eigenvalue weighted by atomic mass is 10.0. The minimum absolute atomic E-state index is 0.490. The number of benzene rings is 1. The zero-order valence-corrected chi connectivity index (χ0v) is 20.9. The fraction of sp³-hybridized carbons (Fsp3) is 0.741. The van der Waals surface area contributed by atoms with Crippen molar-refractivity contribution in [1.82, 2.24) is 0 Å². The van der Waals surface area contributed by atoms with E-state index in [-0.39, 0.29) is 0 Å². The zero-order chi connectivity index (χ0) is 21.9. The monoisotopic (exact) mass is 433 g/mol. The highest BCUT2D eigenvalue weighted by molar-refractivity contribution is 7.80. The molecule has 0 aliphatic heterocycles. The van der Waals surface area contributed by atoms with Gasteiger partial charge >= 0.3 is 0 Å². The van der Waals surface area contributed by atoms with Gasteiger partial charge in [-0.05, 0) is 49.7 Å². The van der Waals surface area contributed by atoms with Crippen molar-refractivity contribution in [2.45, 2.75) is 124 Å². The maximum absolute atomic E-state index is 5.68. The third-order valence-corrected chi connectivity index (χ3v) is 6.29. The van der Waals surface area contributed by atoms with Gasteiger partial charge in [0, 0.05) is 5.69 Å². The van der Waals surface area contributed by atoms with Crippen LogP contribution in [0.5, 0.6) is 0 Å². The van der Waals surface area contributed by atoms with Crippen LogP contribution in [-0.2, 0) is 4.74 Å². The molecule has 0 saturated heterocycles. The van der Waals surface area contributed by atoms with Crippen molar-refractivity contribution in [3.8, 4) is 0 Å². The quantitative estimate of drug-likeness (QED) is 0.184. The van der Waals surface area contributed by atoms with Gasteiger partial charge in [-0.25, -0.2) is 0 Å². The minimum Gasteiger partial charge on any atom is -0.471 e. The number of nitrogens with one attached hydrogen (secondary N) is 1. The summed E-state index contributed by atoms with van der Waals surface area (Å²) in [7, 11) is 0. The first-order chi connectivity index (χ1) is 14.6. The Balaban J connectivity index is 1.83. The Morgan fingerprint density at radius 1 is 0.733 bits per heavy atom. The van der Waals surface area contributed by atoms with Gasteiger partial charge in [0.05, 0.1) is 6.61 Å². The average molecular weight is 434 g/mol. The predicted octanol–water partition coefficient (Wildman–Crippen LogP) is 9.28. The van der Waals surface area contributed by atoms with Gasteiger partial charge in [-0.1, -0.05) is 115 Å². The van der Waals surface area contributed by atoms with Gasteiger partial charge in [-0.2, -0.15) is 0 Å². The van der Waals surface area contributed by atoms with E-state index in [1.54, 1.807) is 0 Å². The molecule has 0 aliphatic carbocycles. The molecule has 0 aliphatic rings. The van der Waals surface area contributed by atoms with Crippen LogP contribution in [0.1, 0.15) is 121 Å². The summed E-state index contributed by atoms with van der Waals surface area (Å²) in [5, 5.41) is 3.71. The van der Waals surface area contributed by atoms with Crippen LogP contribution in [0.25, 0.3) is 0 Å². The first-order valence-electron chi connectivity index (χ1n) is 12.6. The average Bonchev–Trinajstić information content (AvgIpc) is 2.73. The SMILES string of the molecule is CCCCCCCCCCCCCCCCCCOC(=S)Nc1cccc(C)c1C. The van der Waals surface area contributed by atoms with Gasteiger partial charge in [-0.3, -0.25) is 0 Å². The van der Waals surface area contributed by atoms with E-state index in [0.717, 1.165) is 18.7 Å². The lowest BCUT2D eigenvalue weighted by Gasteiger charge is -2.13. The van der Waals surface area contributed by atoms with E-state index in [4.69, 9.17) is 17.0 Å².